The molecule has 1 aromatic heterocycles. The second-order valence-corrected chi connectivity index (χ2v) is 5.57. The van der Waals surface area contributed by atoms with Gasteiger partial charge in [-0.15, -0.1) is 0 Å². The Hall–Kier alpha value is -1.61. The molecule has 0 spiro atoms. The number of H-pyrrole nitrogens is 1. The van der Waals surface area contributed by atoms with Crippen molar-refractivity contribution in [1.82, 2.24) is 15.3 Å². The van der Waals surface area contributed by atoms with Gasteiger partial charge in [-0.05, 0) is 30.0 Å². The molecule has 1 aromatic carbocycles. The third-order valence-corrected chi connectivity index (χ3v) is 3.60. The quantitative estimate of drug-likeness (QED) is 0.804. The van der Waals surface area contributed by atoms with Gasteiger partial charge in [0.2, 0.25) is 0 Å². The molecule has 1 unspecified atom stereocenters. The van der Waals surface area contributed by atoms with E-state index in [2.05, 4.69) is 60.3 Å². The van der Waals surface area contributed by atoms with Crippen molar-refractivity contribution in [2.45, 2.75) is 45.6 Å². The minimum atomic E-state index is 0.322. The van der Waals surface area contributed by atoms with Gasteiger partial charge in [0.25, 0.3) is 0 Å². The second-order valence-electron chi connectivity index (χ2n) is 5.57. The van der Waals surface area contributed by atoms with Crippen molar-refractivity contribution < 1.29 is 0 Å². The summed E-state index contributed by atoms with van der Waals surface area (Å²) >= 11 is 0. The van der Waals surface area contributed by atoms with Crippen LogP contribution >= 0.6 is 0 Å². The molecule has 108 valence electrons. The van der Waals surface area contributed by atoms with Gasteiger partial charge in [0.15, 0.2) is 0 Å². The van der Waals surface area contributed by atoms with E-state index < -0.39 is 0 Å². The Morgan fingerprint density at radius 1 is 1.15 bits per heavy atom. The van der Waals surface area contributed by atoms with Gasteiger partial charge in [0, 0.05) is 24.9 Å². The highest BCUT2D eigenvalue weighted by molar-refractivity contribution is 5.27. The first-order valence-corrected chi connectivity index (χ1v) is 7.52. The molecule has 0 aliphatic heterocycles. The second kappa shape index (κ2) is 7.25. The molecular formula is C17H25N3. The average Bonchev–Trinajstić information content (AvgIpc) is 2.96. The first kappa shape index (κ1) is 14.8. The molecule has 2 N–H and O–H groups in total. The summed E-state index contributed by atoms with van der Waals surface area (Å²) < 4.78 is 0. The van der Waals surface area contributed by atoms with Crippen LogP contribution in [0.2, 0.25) is 0 Å². The minimum Gasteiger partial charge on any atom is -0.349 e. The molecule has 2 rings (SSSR count). The summed E-state index contributed by atoms with van der Waals surface area (Å²) in [4.78, 5) is 7.53. The Balaban J connectivity index is 2.12. The number of imidazole rings is 1. The van der Waals surface area contributed by atoms with Crippen molar-refractivity contribution in [3.63, 3.8) is 0 Å². The predicted octanol–water partition coefficient (Wildman–Crippen LogP) is 3.82. The van der Waals surface area contributed by atoms with Crippen LogP contribution in [0.4, 0.5) is 0 Å². The third-order valence-electron chi connectivity index (χ3n) is 3.60. The molecule has 0 saturated heterocycles. The smallest absolute Gasteiger partial charge is 0.107 e. The van der Waals surface area contributed by atoms with Crippen LogP contribution in [0.25, 0.3) is 0 Å². The van der Waals surface area contributed by atoms with E-state index in [1.807, 2.05) is 12.4 Å². The Bertz CT molecular complexity index is 485. The summed E-state index contributed by atoms with van der Waals surface area (Å²) in [7, 11) is 0. The van der Waals surface area contributed by atoms with E-state index in [1.54, 1.807) is 0 Å². The Morgan fingerprint density at radius 3 is 2.40 bits per heavy atom. The first-order valence-electron chi connectivity index (χ1n) is 7.52. The van der Waals surface area contributed by atoms with Crippen LogP contribution in [-0.2, 0) is 6.42 Å². The van der Waals surface area contributed by atoms with Crippen LogP contribution in [0.3, 0.4) is 0 Å². The van der Waals surface area contributed by atoms with E-state index in [9.17, 15) is 0 Å². The fraction of sp³-hybridized carbons (Fsp3) is 0.471. The molecule has 2 aromatic rings. The first-order chi connectivity index (χ1) is 9.70. The number of aromatic amines is 1. The minimum absolute atomic E-state index is 0.322. The number of nitrogens with one attached hydrogen (secondary N) is 2. The summed E-state index contributed by atoms with van der Waals surface area (Å²) in [6.45, 7) is 7.67. The molecule has 3 nitrogen and oxygen atoms in total. The number of benzene rings is 1. The van der Waals surface area contributed by atoms with Crippen LogP contribution < -0.4 is 5.32 Å². The molecule has 0 fully saturated rings. The van der Waals surface area contributed by atoms with Gasteiger partial charge in [0.1, 0.15) is 5.82 Å². The molecular weight excluding hydrogens is 246 g/mol. The summed E-state index contributed by atoms with van der Waals surface area (Å²) in [5, 5.41) is 3.61. The molecule has 0 saturated carbocycles. The zero-order valence-corrected chi connectivity index (χ0v) is 12.7. The summed E-state index contributed by atoms with van der Waals surface area (Å²) in [5.41, 5.74) is 2.72. The van der Waals surface area contributed by atoms with E-state index in [1.165, 1.54) is 11.1 Å². The fourth-order valence-electron chi connectivity index (χ4n) is 2.34. The molecule has 0 bridgehead atoms. The van der Waals surface area contributed by atoms with Crippen molar-refractivity contribution in [2.24, 2.45) is 0 Å². The third kappa shape index (κ3) is 3.94. The molecule has 0 aliphatic carbocycles. The van der Waals surface area contributed by atoms with E-state index >= 15 is 0 Å². The van der Waals surface area contributed by atoms with Crippen molar-refractivity contribution in [3.05, 3.63) is 53.6 Å². The average molecular weight is 271 g/mol. The van der Waals surface area contributed by atoms with Gasteiger partial charge >= 0.3 is 0 Å². The van der Waals surface area contributed by atoms with Crippen LogP contribution in [-0.4, -0.2) is 16.5 Å². The van der Waals surface area contributed by atoms with Gasteiger partial charge in [0.05, 0.1) is 0 Å². The van der Waals surface area contributed by atoms with E-state index in [-0.39, 0.29) is 0 Å². The van der Waals surface area contributed by atoms with Gasteiger partial charge in [-0.1, -0.05) is 45.0 Å². The highest BCUT2D eigenvalue weighted by Crippen LogP contribution is 2.21. The van der Waals surface area contributed by atoms with Gasteiger partial charge in [-0.2, -0.15) is 0 Å². The number of aromatic nitrogens is 2. The van der Waals surface area contributed by atoms with Crippen LogP contribution in [0, 0.1) is 0 Å². The predicted molar refractivity (Wildman–Crippen MR) is 83.9 cm³/mol. The number of rotatable bonds is 7. The Morgan fingerprint density at radius 2 is 1.85 bits per heavy atom. The van der Waals surface area contributed by atoms with Crippen LogP contribution in [0.5, 0.6) is 0 Å². The highest BCUT2D eigenvalue weighted by Gasteiger charge is 2.13. The van der Waals surface area contributed by atoms with Crippen molar-refractivity contribution in [2.75, 3.05) is 6.54 Å². The maximum absolute atomic E-state index is 4.34. The summed E-state index contributed by atoms with van der Waals surface area (Å²) in [6.07, 6.45) is 5.73. The normalized spacial score (nSPS) is 12.8. The lowest BCUT2D eigenvalue weighted by Crippen LogP contribution is -2.24. The molecule has 0 radical (unpaired) electrons. The molecule has 20 heavy (non-hydrogen) atoms. The number of nitrogens with zero attached hydrogens (tertiary/aromatic N) is 1. The number of hydrogen-bond donors (Lipinski definition) is 2. The van der Waals surface area contributed by atoms with Gasteiger partial charge in [-0.25, -0.2) is 4.98 Å². The lowest BCUT2D eigenvalue weighted by atomic mass is 9.97. The van der Waals surface area contributed by atoms with Crippen LogP contribution in [0.1, 0.15) is 56.1 Å². The monoisotopic (exact) mass is 271 g/mol. The van der Waals surface area contributed by atoms with E-state index in [0.29, 0.717) is 12.0 Å². The highest BCUT2D eigenvalue weighted by atomic mass is 14.9. The summed E-state index contributed by atoms with van der Waals surface area (Å²) in [5.74, 6) is 1.61. The molecule has 3 heteroatoms. The fourth-order valence-corrected chi connectivity index (χ4v) is 2.34. The standard InChI is InChI=1S/C17H25N3/c1-4-9-18-16(12-17-19-10-11-20-17)15-7-5-14(6-8-15)13(2)3/h5-8,10-11,13,16,18H,4,9,12H2,1-3H3,(H,19,20). The van der Waals surface area contributed by atoms with Crippen molar-refractivity contribution in [3.8, 4) is 0 Å². The zero-order chi connectivity index (χ0) is 14.4. The lowest BCUT2D eigenvalue weighted by Gasteiger charge is -2.19. The van der Waals surface area contributed by atoms with Crippen LogP contribution in [0.15, 0.2) is 36.7 Å². The topological polar surface area (TPSA) is 40.7 Å². The summed E-state index contributed by atoms with van der Waals surface area (Å²) in [6, 6.07) is 9.28. The molecule has 1 heterocycles. The van der Waals surface area contributed by atoms with E-state index in [0.717, 1.165) is 25.2 Å². The van der Waals surface area contributed by atoms with Crippen molar-refractivity contribution >= 4 is 0 Å². The maximum Gasteiger partial charge on any atom is 0.107 e. The largest absolute Gasteiger partial charge is 0.349 e. The Labute approximate surface area is 121 Å². The SMILES string of the molecule is CCCNC(Cc1ncc[nH]1)c1ccc(C(C)C)cc1. The molecule has 0 amide bonds. The van der Waals surface area contributed by atoms with Gasteiger partial charge in [-0.3, -0.25) is 0 Å². The maximum atomic E-state index is 4.34. The Kier molecular flexibility index (Phi) is 5.36. The lowest BCUT2D eigenvalue weighted by molar-refractivity contribution is 0.520. The molecule has 1 atom stereocenters. The van der Waals surface area contributed by atoms with E-state index in [4.69, 9.17) is 0 Å². The molecule has 0 aliphatic rings. The number of hydrogen-bond acceptors (Lipinski definition) is 2. The zero-order valence-electron chi connectivity index (χ0n) is 12.7. The van der Waals surface area contributed by atoms with Gasteiger partial charge < -0.3 is 10.3 Å². The van der Waals surface area contributed by atoms with Crippen molar-refractivity contribution in [1.29, 1.82) is 0 Å².